The van der Waals surface area contributed by atoms with Crippen LogP contribution in [0.3, 0.4) is 0 Å². The van der Waals surface area contributed by atoms with Crippen LogP contribution >= 0.6 is 15.9 Å². The number of ether oxygens (including phenoxy) is 2. The van der Waals surface area contributed by atoms with Crippen molar-refractivity contribution in [3.05, 3.63) is 57.6 Å². The van der Waals surface area contributed by atoms with Gasteiger partial charge in [-0.15, -0.1) is 0 Å². The van der Waals surface area contributed by atoms with Crippen LogP contribution in [0.4, 0.5) is 0 Å². The molecule has 166 valence electrons. The van der Waals surface area contributed by atoms with Crippen molar-refractivity contribution in [2.75, 3.05) is 26.3 Å². The lowest BCUT2D eigenvalue weighted by Gasteiger charge is -2.27. The number of fused-ring (bicyclic) bond motifs is 2. The van der Waals surface area contributed by atoms with E-state index in [9.17, 15) is 14.4 Å². The van der Waals surface area contributed by atoms with E-state index in [1.807, 2.05) is 23.1 Å². The summed E-state index contributed by atoms with van der Waals surface area (Å²) < 4.78 is 12.0. The highest BCUT2D eigenvalue weighted by atomic mass is 79.9. The van der Waals surface area contributed by atoms with E-state index in [-0.39, 0.29) is 36.7 Å². The van der Waals surface area contributed by atoms with E-state index in [0.717, 1.165) is 34.4 Å². The van der Waals surface area contributed by atoms with Crippen LogP contribution in [-0.2, 0) is 4.79 Å². The number of halogens is 1. The summed E-state index contributed by atoms with van der Waals surface area (Å²) in [6.07, 6.45) is 2.57. The minimum atomic E-state index is -0.297. The minimum Gasteiger partial charge on any atom is -0.486 e. The van der Waals surface area contributed by atoms with Gasteiger partial charge in [-0.1, -0.05) is 22.0 Å². The van der Waals surface area contributed by atoms with Crippen LogP contribution < -0.4 is 9.47 Å². The molecule has 32 heavy (non-hydrogen) atoms. The van der Waals surface area contributed by atoms with Gasteiger partial charge >= 0.3 is 0 Å². The molecule has 0 aromatic heterocycles. The van der Waals surface area contributed by atoms with Gasteiger partial charge in [0, 0.05) is 24.0 Å². The first-order valence-corrected chi connectivity index (χ1v) is 11.7. The van der Waals surface area contributed by atoms with Gasteiger partial charge in [0.25, 0.3) is 11.8 Å². The quantitative estimate of drug-likeness (QED) is 0.583. The number of carbonyl (C=O) groups is 3. The van der Waals surface area contributed by atoms with Gasteiger partial charge in [0.05, 0.1) is 17.2 Å². The van der Waals surface area contributed by atoms with Crippen LogP contribution in [-0.4, -0.2) is 53.8 Å². The van der Waals surface area contributed by atoms with Crippen LogP contribution in [0, 0.1) is 0 Å². The molecule has 3 heterocycles. The number of nitrogens with zero attached hydrogens (tertiary/aromatic N) is 2. The van der Waals surface area contributed by atoms with Crippen LogP contribution in [0.5, 0.6) is 11.5 Å². The Balaban J connectivity index is 1.21. The second-order valence-corrected chi connectivity index (χ2v) is 9.12. The van der Waals surface area contributed by atoms with E-state index < -0.39 is 0 Å². The van der Waals surface area contributed by atoms with Gasteiger partial charge in [-0.25, -0.2) is 0 Å². The summed E-state index contributed by atoms with van der Waals surface area (Å²) in [7, 11) is 0. The normalized spacial score (nSPS) is 19.5. The fourth-order valence-corrected chi connectivity index (χ4v) is 5.04. The third-order valence-electron chi connectivity index (χ3n) is 6.23. The van der Waals surface area contributed by atoms with Gasteiger partial charge in [-0.05, 0) is 55.2 Å². The molecule has 1 unspecified atom stereocenters. The Labute approximate surface area is 194 Å². The lowest BCUT2D eigenvalue weighted by molar-refractivity contribution is -0.132. The van der Waals surface area contributed by atoms with E-state index in [1.54, 1.807) is 18.2 Å². The predicted molar refractivity (Wildman–Crippen MR) is 120 cm³/mol. The second kappa shape index (κ2) is 8.58. The number of amides is 3. The van der Waals surface area contributed by atoms with Crippen molar-refractivity contribution in [2.45, 2.75) is 31.7 Å². The molecule has 3 aliphatic heterocycles. The fourth-order valence-electron chi connectivity index (χ4n) is 4.68. The van der Waals surface area contributed by atoms with Crippen molar-refractivity contribution < 1.29 is 23.9 Å². The predicted octanol–water partition coefficient (Wildman–Crippen LogP) is 3.96. The molecule has 2 aromatic carbocycles. The average molecular weight is 499 g/mol. The third kappa shape index (κ3) is 3.77. The molecular formula is C24H23BrN2O5. The van der Waals surface area contributed by atoms with E-state index in [1.165, 1.54) is 4.90 Å². The van der Waals surface area contributed by atoms with Crippen molar-refractivity contribution in [1.29, 1.82) is 0 Å². The van der Waals surface area contributed by atoms with Gasteiger partial charge in [-0.2, -0.15) is 0 Å². The van der Waals surface area contributed by atoms with Gasteiger partial charge in [-0.3, -0.25) is 19.3 Å². The number of carbonyl (C=O) groups excluding carboxylic acids is 3. The van der Waals surface area contributed by atoms with Crippen molar-refractivity contribution in [1.82, 2.24) is 9.80 Å². The Morgan fingerprint density at radius 3 is 2.62 bits per heavy atom. The molecule has 0 N–H and O–H groups in total. The van der Waals surface area contributed by atoms with Crippen LogP contribution in [0.1, 0.15) is 58.0 Å². The van der Waals surface area contributed by atoms with Crippen molar-refractivity contribution in [2.24, 2.45) is 0 Å². The van der Waals surface area contributed by atoms with Gasteiger partial charge < -0.3 is 14.4 Å². The lowest BCUT2D eigenvalue weighted by atomic mass is 10.0. The van der Waals surface area contributed by atoms with Crippen LogP contribution in [0.25, 0.3) is 0 Å². The molecule has 0 bridgehead atoms. The lowest BCUT2D eigenvalue weighted by Crippen LogP contribution is -2.33. The molecule has 1 fully saturated rings. The number of rotatable bonds is 5. The first-order valence-electron chi connectivity index (χ1n) is 10.9. The van der Waals surface area contributed by atoms with E-state index in [4.69, 9.17) is 9.47 Å². The molecule has 7 nitrogen and oxygen atoms in total. The monoisotopic (exact) mass is 498 g/mol. The first-order chi connectivity index (χ1) is 15.5. The Bertz CT molecular complexity index is 1100. The minimum absolute atomic E-state index is 0.00924. The summed E-state index contributed by atoms with van der Waals surface area (Å²) in [5, 5.41) is 0. The summed E-state index contributed by atoms with van der Waals surface area (Å²) in [6.45, 7) is 2.01. The molecule has 3 aliphatic rings. The molecule has 0 radical (unpaired) electrons. The first kappa shape index (κ1) is 21.0. The number of hydrogen-bond acceptors (Lipinski definition) is 5. The fraction of sp³-hybridized carbons (Fsp3) is 0.375. The zero-order valence-corrected chi connectivity index (χ0v) is 19.1. The topological polar surface area (TPSA) is 76.2 Å². The Morgan fingerprint density at radius 1 is 1.00 bits per heavy atom. The molecule has 0 saturated carbocycles. The maximum Gasteiger partial charge on any atom is 0.261 e. The zero-order chi connectivity index (χ0) is 22.2. The summed E-state index contributed by atoms with van der Waals surface area (Å²) in [4.78, 5) is 41.3. The van der Waals surface area contributed by atoms with Crippen molar-refractivity contribution >= 4 is 33.7 Å². The average Bonchev–Trinajstić information content (AvgIpc) is 3.38. The SMILES string of the molecule is O=C1c2ccc(Br)cc2C(=O)N1CCCC(=O)N1CCCC1c1ccc2c(c1)OCCO2. The zero-order valence-electron chi connectivity index (χ0n) is 17.5. The molecule has 0 spiro atoms. The van der Waals surface area contributed by atoms with E-state index in [0.29, 0.717) is 37.3 Å². The summed E-state index contributed by atoms with van der Waals surface area (Å²) in [6, 6.07) is 11.0. The van der Waals surface area contributed by atoms with Crippen LogP contribution in [0.2, 0.25) is 0 Å². The van der Waals surface area contributed by atoms with Crippen LogP contribution in [0.15, 0.2) is 40.9 Å². The molecule has 2 aromatic rings. The second-order valence-electron chi connectivity index (χ2n) is 8.20. The summed E-state index contributed by atoms with van der Waals surface area (Å²) in [5.74, 6) is 0.922. The molecule has 1 saturated heterocycles. The van der Waals surface area contributed by atoms with Gasteiger partial charge in [0.1, 0.15) is 13.2 Å². The molecular weight excluding hydrogens is 476 g/mol. The standard InChI is InChI=1S/C24H23BrN2O5/c25-16-6-7-17-18(14-16)24(30)27(23(17)29)10-2-4-22(28)26-9-1-3-19(26)15-5-8-20-21(13-15)32-12-11-31-20/h5-8,13-14,19H,1-4,9-12H2. The Morgan fingerprint density at radius 2 is 1.78 bits per heavy atom. The highest BCUT2D eigenvalue weighted by Gasteiger charge is 2.36. The largest absolute Gasteiger partial charge is 0.486 e. The maximum atomic E-state index is 13.0. The van der Waals surface area contributed by atoms with Gasteiger partial charge in [0.2, 0.25) is 5.91 Å². The van der Waals surface area contributed by atoms with E-state index in [2.05, 4.69) is 15.9 Å². The molecule has 8 heteroatoms. The van der Waals surface area contributed by atoms with E-state index >= 15 is 0 Å². The molecule has 1 atom stereocenters. The number of imide groups is 1. The summed E-state index contributed by atoms with van der Waals surface area (Å²) in [5.41, 5.74) is 1.88. The van der Waals surface area contributed by atoms with Crippen molar-refractivity contribution in [3.63, 3.8) is 0 Å². The maximum absolute atomic E-state index is 13.0. The van der Waals surface area contributed by atoms with Gasteiger partial charge in [0.15, 0.2) is 11.5 Å². The highest BCUT2D eigenvalue weighted by molar-refractivity contribution is 9.10. The third-order valence-corrected chi connectivity index (χ3v) is 6.72. The number of hydrogen-bond donors (Lipinski definition) is 0. The Kier molecular flexibility index (Phi) is 5.63. The Hall–Kier alpha value is -2.87. The smallest absolute Gasteiger partial charge is 0.261 e. The molecule has 5 rings (SSSR count). The molecule has 0 aliphatic carbocycles. The summed E-state index contributed by atoms with van der Waals surface area (Å²) >= 11 is 3.34. The van der Waals surface area contributed by atoms with Crippen molar-refractivity contribution in [3.8, 4) is 11.5 Å². The number of benzene rings is 2. The number of likely N-dealkylation sites (tertiary alicyclic amines) is 1. The highest BCUT2D eigenvalue weighted by Crippen LogP contribution is 2.38. The molecule has 3 amide bonds.